The molecule has 0 unspecified atom stereocenters. The highest BCUT2D eigenvalue weighted by molar-refractivity contribution is 8.18. The highest BCUT2D eigenvalue weighted by Gasteiger charge is 2.24. The summed E-state index contributed by atoms with van der Waals surface area (Å²) in [5.74, 6) is 0.421. The molecule has 4 nitrogen and oxygen atoms in total. The van der Waals surface area contributed by atoms with Crippen LogP contribution in [0.3, 0.4) is 0 Å². The molecule has 2 heterocycles. The normalized spacial score (nSPS) is 16.9. The van der Waals surface area contributed by atoms with Gasteiger partial charge >= 0.3 is 0 Å². The van der Waals surface area contributed by atoms with E-state index in [-0.39, 0.29) is 5.91 Å². The molecular weight excluding hydrogens is 400 g/mol. The van der Waals surface area contributed by atoms with Crippen LogP contribution in [0.2, 0.25) is 5.02 Å². The zero-order valence-electron chi connectivity index (χ0n) is 13.9. The third kappa shape index (κ3) is 4.66. The van der Waals surface area contributed by atoms with Gasteiger partial charge in [-0.15, -0.1) is 0 Å². The molecule has 1 N–H and O–H groups in total. The Morgan fingerprint density at radius 1 is 1.07 bits per heavy atom. The van der Waals surface area contributed by atoms with Gasteiger partial charge < -0.3 is 9.73 Å². The molecule has 4 rings (SSSR count). The Balaban J connectivity index is 1.49. The van der Waals surface area contributed by atoms with Crippen molar-refractivity contribution < 1.29 is 9.21 Å². The van der Waals surface area contributed by atoms with E-state index in [1.54, 1.807) is 18.2 Å². The van der Waals surface area contributed by atoms with Crippen molar-refractivity contribution in [1.29, 1.82) is 0 Å². The van der Waals surface area contributed by atoms with Crippen molar-refractivity contribution in [2.24, 2.45) is 4.99 Å². The molecule has 1 aliphatic heterocycles. The number of nitrogens with one attached hydrogen (secondary N) is 1. The number of amidine groups is 1. The lowest BCUT2D eigenvalue weighted by Gasteiger charge is -1.96. The largest absolute Gasteiger partial charge is 0.450 e. The van der Waals surface area contributed by atoms with E-state index in [0.717, 1.165) is 9.99 Å². The highest BCUT2D eigenvalue weighted by Crippen LogP contribution is 2.32. The molecule has 0 bridgehead atoms. The van der Waals surface area contributed by atoms with E-state index in [2.05, 4.69) is 10.3 Å². The number of aliphatic imine (C=N–C) groups is 1. The van der Waals surface area contributed by atoms with Crippen molar-refractivity contribution in [3.8, 4) is 0 Å². The Bertz CT molecular complexity index is 1040. The van der Waals surface area contributed by atoms with E-state index in [1.165, 1.54) is 23.5 Å². The maximum Gasteiger partial charge on any atom is 0.264 e. The number of halogens is 1. The molecule has 134 valence electrons. The minimum Gasteiger partial charge on any atom is -0.450 e. The molecule has 27 heavy (non-hydrogen) atoms. The zero-order chi connectivity index (χ0) is 18.6. The summed E-state index contributed by atoms with van der Waals surface area (Å²) < 4.78 is 5.80. The molecule has 0 atom stereocenters. The average Bonchev–Trinajstić information content (AvgIpc) is 3.22. The van der Waals surface area contributed by atoms with Crippen molar-refractivity contribution >= 4 is 58.0 Å². The lowest BCUT2D eigenvalue weighted by atomic mass is 10.3. The average molecular weight is 413 g/mol. The molecule has 1 amide bonds. The predicted molar refractivity (Wildman–Crippen MR) is 112 cm³/mol. The summed E-state index contributed by atoms with van der Waals surface area (Å²) in [5, 5.41) is 4.63. The number of nitrogens with zero attached hydrogens (tertiary/aromatic N) is 1. The summed E-state index contributed by atoms with van der Waals surface area (Å²) in [6.45, 7) is 0. The first-order chi connectivity index (χ1) is 13.2. The molecule has 0 radical (unpaired) electrons. The van der Waals surface area contributed by atoms with Gasteiger partial charge in [0.15, 0.2) is 10.3 Å². The fraction of sp³-hybridized carbons (Fsp3) is 0. The summed E-state index contributed by atoms with van der Waals surface area (Å²) in [4.78, 5) is 18.2. The van der Waals surface area contributed by atoms with Crippen LogP contribution in [0.25, 0.3) is 6.08 Å². The zero-order valence-corrected chi connectivity index (χ0v) is 16.3. The summed E-state index contributed by atoms with van der Waals surface area (Å²) >= 11 is 8.77. The van der Waals surface area contributed by atoms with Crippen LogP contribution in [0.4, 0.5) is 5.69 Å². The van der Waals surface area contributed by atoms with Crippen molar-refractivity contribution in [1.82, 2.24) is 5.32 Å². The van der Waals surface area contributed by atoms with Crippen molar-refractivity contribution in [2.75, 3.05) is 0 Å². The van der Waals surface area contributed by atoms with Crippen molar-refractivity contribution in [3.63, 3.8) is 0 Å². The molecule has 1 saturated heterocycles. The number of rotatable bonds is 4. The number of carbonyl (C=O) groups is 1. The Morgan fingerprint density at radius 2 is 1.93 bits per heavy atom. The quantitative estimate of drug-likeness (QED) is 0.536. The lowest BCUT2D eigenvalue weighted by molar-refractivity contribution is -0.115. The monoisotopic (exact) mass is 412 g/mol. The Morgan fingerprint density at radius 3 is 2.74 bits per heavy atom. The summed E-state index contributed by atoms with van der Waals surface area (Å²) in [6, 6.07) is 20.9. The number of furan rings is 1. The Labute approximate surface area is 169 Å². The first kappa shape index (κ1) is 18.0. The molecule has 0 spiro atoms. The second-order valence-corrected chi connectivity index (χ2v) is 8.08. The summed E-state index contributed by atoms with van der Waals surface area (Å²) in [7, 11) is 0. The fourth-order valence-corrected chi connectivity index (χ4v) is 4.15. The first-order valence-electron chi connectivity index (χ1n) is 8.04. The van der Waals surface area contributed by atoms with E-state index >= 15 is 0 Å². The molecule has 0 aliphatic carbocycles. The number of hydrogen-bond acceptors (Lipinski definition) is 5. The van der Waals surface area contributed by atoms with Gasteiger partial charge in [0.05, 0.1) is 10.6 Å². The molecule has 7 heteroatoms. The van der Waals surface area contributed by atoms with Gasteiger partial charge in [0, 0.05) is 16.0 Å². The fourth-order valence-electron chi connectivity index (χ4n) is 2.34. The van der Waals surface area contributed by atoms with Gasteiger partial charge in [0.25, 0.3) is 5.91 Å². The Kier molecular flexibility index (Phi) is 5.38. The molecular formula is C20H13ClN2O2S2. The van der Waals surface area contributed by atoms with Gasteiger partial charge in [0.1, 0.15) is 5.76 Å². The van der Waals surface area contributed by atoms with Crippen LogP contribution in [0.15, 0.2) is 91.0 Å². The SMILES string of the molecule is O=C1NC(=Nc2cccc(Cl)c2)S/C1=C\c1ccc(Sc2ccccc2)o1. The van der Waals surface area contributed by atoms with E-state index in [9.17, 15) is 4.79 Å². The molecule has 0 saturated carbocycles. The topological polar surface area (TPSA) is 54.6 Å². The van der Waals surface area contributed by atoms with Crippen LogP contribution in [-0.2, 0) is 4.79 Å². The molecule has 1 aliphatic rings. The smallest absolute Gasteiger partial charge is 0.264 e. The van der Waals surface area contributed by atoms with Gasteiger partial charge in [-0.1, -0.05) is 47.6 Å². The van der Waals surface area contributed by atoms with Crippen LogP contribution in [-0.4, -0.2) is 11.1 Å². The second-order valence-electron chi connectivity index (χ2n) is 5.53. The number of carbonyl (C=O) groups excluding carboxylic acids is 1. The predicted octanol–water partition coefficient (Wildman–Crippen LogP) is 5.98. The third-order valence-electron chi connectivity index (χ3n) is 3.53. The van der Waals surface area contributed by atoms with Gasteiger partial charge in [-0.05, 0) is 54.2 Å². The van der Waals surface area contributed by atoms with E-state index in [4.69, 9.17) is 16.0 Å². The van der Waals surface area contributed by atoms with Gasteiger partial charge in [0.2, 0.25) is 0 Å². The maximum atomic E-state index is 12.2. The van der Waals surface area contributed by atoms with Crippen LogP contribution in [0.1, 0.15) is 5.76 Å². The standard InChI is InChI=1S/C20H13ClN2O2S2/c21-13-5-4-6-14(11-13)22-20-23-19(24)17(27-20)12-15-9-10-18(25-15)26-16-7-2-1-3-8-16/h1-12H,(H,22,23,24)/b17-12-. The maximum absolute atomic E-state index is 12.2. The van der Waals surface area contributed by atoms with Crippen molar-refractivity contribution in [3.05, 3.63) is 82.4 Å². The first-order valence-corrected chi connectivity index (χ1v) is 10.0. The Hall–Kier alpha value is -2.41. The van der Waals surface area contributed by atoms with Gasteiger partial charge in [-0.3, -0.25) is 4.79 Å². The number of amides is 1. The van der Waals surface area contributed by atoms with Crippen LogP contribution in [0, 0.1) is 0 Å². The van der Waals surface area contributed by atoms with Crippen LogP contribution in [0.5, 0.6) is 0 Å². The second kappa shape index (κ2) is 8.08. The number of benzene rings is 2. The molecule has 2 aromatic carbocycles. The van der Waals surface area contributed by atoms with E-state index < -0.39 is 0 Å². The molecule has 1 fully saturated rings. The molecule has 1 aromatic heterocycles. The lowest BCUT2D eigenvalue weighted by Crippen LogP contribution is -2.19. The minimum atomic E-state index is -0.200. The van der Waals surface area contributed by atoms with Crippen molar-refractivity contribution in [2.45, 2.75) is 9.99 Å². The van der Waals surface area contributed by atoms with Crippen LogP contribution < -0.4 is 5.32 Å². The number of hydrogen-bond donors (Lipinski definition) is 1. The molecule has 3 aromatic rings. The van der Waals surface area contributed by atoms with Gasteiger partial charge in [-0.2, -0.15) is 0 Å². The van der Waals surface area contributed by atoms with Crippen LogP contribution >= 0.6 is 35.1 Å². The van der Waals surface area contributed by atoms with E-state index in [1.807, 2.05) is 54.6 Å². The third-order valence-corrected chi connectivity index (χ3v) is 5.60. The highest BCUT2D eigenvalue weighted by atomic mass is 35.5. The van der Waals surface area contributed by atoms with Gasteiger partial charge in [-0.25, -0.2) is 4.99 Å². The minimum absolute atomic E-state index is 0.200. The van der Waals surface area contributed by atoms with E-state index in [0.29, 0.717) is 26.5 Å². The number of thioether (sulfide) groups is 1. The summed E-state index contributed by atoms with van der Waals surface area (Å²) in [6.07, 6.45) is 1.72. The summed E-state index contributed by atoms with van der Waals surface area (Å²) in [5.41, 5.74) is 0.686.